The van der Waals surface area contributed by atoms with Gasteiger partial charge in [-0.25, -0.2) is 21.9 Å². The largest absolute Gasteiger partial charge is 0.338 e. The number of rotatable bonds is 5. The molecule has 1 aliphatic rings. The van der Waals surface area contributed by atoms with Gasteiger partial charge in [0.15, 0.2) is 0 Å². The molecule has 0 atom stereocenters. The van der Waals surface area contributed by atoms with E-state index in [2.05, 4.69) is 14.3 Å². The number of likely N-dealkylation sites (tertiary alicyclic amines) is 1. The Morgan fingerprint density at radius 2 is 2.04 bits per heavy atom. The van der Waals surface area contributed by atoms with Crippen LogP contribution in [0.3, 0.4) is 0 Å². The van der Waals surface area contributed by atoms with Crippen molar-refractivity contribution in [3.8, 4) is 0 Å². The van der Waals surface area contributed by atoms with Gasteiger partial charge < -0.3 is 4.90 Å². The van der Waals surface area contributed by atoms with Gasteiger partial charge in [0.1, 0.15) is 21.4 Å². The summed E-state index contributed by atoms with van der Waals surface area (Å²) in [5.74, 6) is -1.95. The molecule has 7 nitrogen and oxygen atoms in total. The highest BCUT2D eigenvalue weighted by Crippen LogP contribution is 2.22. The number of nitrogens with one attached hydrogen (secondary N) is 1. The van der Waals surface area contributed by atoms with Gasteiger partial charge in [-0.15, -0.1) is 5.10 Å². The van der Waals surface area contributed by atoms with Gasteiger partial charge in [-0.1, -0.05) is 4.49 Å². The number of hydrogen-bond donors (Lipinski definition) is 1. The van der Waals surface area contributed by atoms with E-state index in [0.717, 1.165) is 23.7 Å². The number of piperidine rings is 1. The molecule has 1 aliphatic heterocycles. The minimum atomic E-state index is -4.14. The summed E-state index contributed by atoms with van der Waals surface area (Å²) in [6, 6.07) is 2.30. The third-order valence-electron chi connectivity index (χ3n) is 4.49. The third kappa shape index (κ3) is 4.47. The molecule has 1 aromatic carbocycles. The van der Waals surface area contributed by atoms with Crippen LogP contribution >= 0.6 is 11.5 Å². The van der Waals surface area contributed by atoms with E-state index in [1.54, 1.807) is 11.8 Å². The number of hydrogen-bond acceptors (Lipinski definition) is 6. The molecule has 11 heteroatoms. The van der Waals surface area contributed by atoms with Gasteiger partial charge in [0, 0.05) is 19.6 Å². The Morgan fingerprint density at radius 3 is 2.67 bits per heavy atom. The van der Waals surface area contributed by atoms with E-state index in [0.29, 0.717) is 42.6 Å². The van der Waals surface area contributed by atoms with Gasteiger partial charge in [-0.3, -0.25) is 4.79 Å². The summed E-state index contributed by atoms with van der Waals surface area (Å²) in [5, 5.41) is 3.83. The van der Waals surface area contributed by atoms with Crippen LogP contribution in [0.25, 0.3) is 0 Å². The maximum atomic E-state index is 13.7. The molecule has 0 unspecified atom stereocenters. The van der Waals surface area contributed by atoms with Gasteiger partial charge in [-0.05, 0) is 55.4 Å². The number of amides is 1. The molecular weight excluding hydrogens is 398 g/mol. The molecule has 146 valence electrons. The van der Waals surface area contributed by atoms with E-state index in [4.69, 9.17) is 0 Å². The number of benzene rings is 1. The van der Waals surface area contributed by atoms with Gasteiger partial charge in [0.05, 0.1) is 5.69 Å². The number of aromatic nitrogens is 2. The first-order chi connectivity index (χ1) is 12.8. The van der Waals surface area contributed by atoms with Gasteiger partial charge >= 0.3 is 0 Å². The summed E-state index contributed by atoms with van der Waals surface area (Å²) in [4.78, 5) is 13.9. The van der Waals surface area contributed by atoms with E-state index >= 15 is 0 Å². The van der Waals surface area contributed by atoms with Crippen LogP contribution in [0.4, 0.5) is 8.78 Å². The average Bonchev–Trinajstić information content (AvgIpc) is 3.08. The fourth-order valence-corrected chi connectivity index (χ4v) is 4.73. The Hall–Kier alpha value is -1.98. The fourth-order valence-electron chi connectivity index (χ4n) is 2.90. The Balaban J connectivity index is 1.56. The Labute approximate surface area is 159 Å². The first-order valence-electron chi connectivity index (χ1n) is 8.31. The van der Waals surface area contributed by atoms with E-state index in [1.807, 2.05) is 0 Å². The molecule has 0 aliphatic carbocycles. The summed E-state index contributed by atoms with van der Waals surface area (Å²) in [5.41, 5.74) is 0.594. The van der Waals surface area contributed by atoms with Crippen LogP contribution in [0.1, 0.15) is 28.2 Å². The fraction of sp³-hybridized carbons (Fsp3) is 0.438. The lowest BCUT2D eigenvalue weighted by Crippen LogP contribution is -2.41. The smallest absolute Gasteiger partial charge is 0.267 e. The molecule has 1 aromatic heterocycles. The first kappa shape index (κ1) is 19.8. The molecule has 0 bridgehead atoms. The lowest BCUT2D eigenvalue weighted by Gasteiger charge is -2.31. The molecule has 27 heavy (non-hydrogen) atoms. The SMILES string of the molecule is Cc1nnsc1C(=O)N1CCC(CNS(=O)(=O)c2cc(F)ccc2F)CC1. The monoisotopic (exact) mass is 416 g/mol. The molecule has 1 saturated heterocycles. The van der Waals surface area contributed by atoms with Crippen LogP contribution in [0, 0.1) is 24.5 Å². The van der Waals surface area contributed by atoms with Crippen LogP contribution in [-0.4, -0.2) is 48.4 Å². The van der Waals surface area contributed by atoms with Crippen molar-refractivity contribution in [3.05, 3.63) is 40.4 Å². The quantitative estimate of drug-likeness (QED) is 0.804. The number of aryl methyl sites for hydroxylation is 1. The van der Waals surface area contributed by atoms with Crippen LogP contribution in [0.5, 0.6) is 0 Å². The number of halogens is 2. The number of sulfonamides is 1. The van der Waals surface area contributed by atoms with Crippen molar-refractivity contribution >= 4 is 27.5 Å². The topological polar surface area (TPSA) is 92.3 Å². The average molecular weight is 416 g/mol. The zero-order valence-corrected chi connectivity index (χ0v) is 16.1. The van der Waals surface area contributed by atoms with E-state index in [1.165, 1.54) is 0 Å². The number of carbonyl (C=O) groups is 1. The molecular formula is C16H18F2N4O3S2. The first-order valence-corrected chi connectivity index (χ1v) is 10.6. The summed E-state index contributed by atoms with van der Waals surface area (Å²) in [6.07, 6.45) is 1.20. The molecule has 0 spiro atoms. The predicted octanol–water partition coefficient (Wildman–Crippen LogP) is 1.96. The standard InChI is InChI=1S/C16H18F2N4O3S2/c1-10-15(26-21-20-10)16(23)22-6-4-11(5-7-22)9-19-27(24,25)14-8-12(17)2-3-13(14)18/h2-3,8,11,19H,4-7,9H2,1H3. The normalized spacial score (nSPS) is 15.9. The molecule has 3 rings (SSSR count). The molecule has 1 N–H and O–H groups in total. The van der Waals surface area contributed by atoms with Crippen molar-refractivity contribution in [2.75, 3.05) is 19.6 Å². The Bertz CT molecular complexity index is 941. The van der Waals surface area contributed by atoms with Crippen molar-refractivity contribution in [2.45, 2.75) is 24.7 Å². The number of nitrogens with zero attached hydrogens (tertiary/aromatic N) is 3. The van der Waals surface area contributed by atoms with Crippen molar-refractivity contribution in [1.82, 2.24) is 19.2 Å². The summed E-state index contributed by atoms with van der Waals surface area (Å²) >= 11 is 1.06. The Morgan fingerprint density at radius 1 is 1.33 bits per heavy atom. The minimum Gasteiger partial charge on any atom is -0.338 e. The highest BCUT2D eigenvalue weighted by Gasteiger charge is 2.27. The molecule has 1 amide bonds. The lowest BCUT2D eigenvalue weighted by molar-refractivity contribution is 0.0696. The lowest BCUT2D eigenvalue weighted by atomic mass is 9.97. The molecule has 2 heterocycles. The van der Waals surface area contributed by atoms with Crippen LogP contribution in [-0.2, 0) is 10.0 Å². The minimum absolute atomic E-state index is 0.00104. The van der Waals surface area contributed by atoms with Gasteiger partial charge in [0.25, 0.3) is 5.91 Å². The van der Waals surface area contributed by atoms with E-state index in [9.17, 15) is 22.0 Å². The number of carbonyl (C=O) groups excluding carboxylic acids is 1. The second kappa shape index (κ2) is 7.95. The third-order valence-corrected chi connectivity index (χ3v) is 6.75. The van der Waals surface area contributed by atoms with Gasteiger partial charge in [-0.2, -0.15) is 0 Å². The van der Waals surface area contributed by atoms with E-state index in [-0.39, 0.29) is 18.4 Å². The molecule has 1 fully saturated rings. The Kier molecular flexibility index (Phi) is 5.82. The maximum absolute atomic E-state index is 13.7. The predicted molar refractivity (Wildman–Crippen MR) is 94.8 cm³/mol. The highest BCUT2D eigenvalue weighted by atomic mass is 32.2. The van der Waals surface area contributed by atoms with Crippen molar-refractivity contribution in [1.29, 1.82) is 0 Å². The highest BCUT2D eigenvalue weighted by molar-refractivity contribution is 7.89. The van der Waals surface area contributed by atoms with Crippen LogP contribution in [0.2, 0.25) is 0 Å². The zero-order chi connectivity index (χ0) is 19.6. The zero-order valence-electron chi connectivity index (χ0n) is 14.5. The summed E-state index contributed by atoms with van der Waals surface area (Å²) in [6.45, 7) is 2.79. The maximum Gasteiger partial charge on any atom is 0.267 e. The van der Waals surface area contributed by atoms with Crippen molar-refractivity contribution in [2.24, 2.45) is 5.92 Å². The van der Waals surface area contributed by atoms with Crippen molar-refractivity contribution in [3.63, 3.8) is 0 Å². The van der Waals surface area contributed by atoms with Crippen molar-refractivity contribution < 1.29 is 22.0 Å². The molecule has 0 radical (unpaired) electrons. The van der Waals surface area contributed by atoms with Crippen LogP contribution in [0.15, 0.2) is 23.1 Å². The van der Waals surface area contributed by atoms with E-state index < -0.39 is 26.6 Å². The molecule has 2 aromatic rings. The molecule has 0 saturated carbocycles. The van der Waals surface area contributed by atoms with Crippen LogP contribution < -0.4 is 4.72 Å². The summed E-state index contributed by atoms with van der Waals surface area (Å²) < 4.78 is 57.5. The second-order valence-corrected chi connectivity index (χ2v) is 8.84. The van der Waals surface area contributed by atoms with Gasteiger partial charge in [0.2, 0.25) is 10.0 Å². The summed E-state index contributed by atoms with van der Waals surface area (Å²) in [7, 11) is -4.14. The second-order valence-electron chi connectivity index (χ2n) is 6.35.